The van der Waals surface area contributed by atoms with E-state index in [4.69, 9.17) is 21.1 Å². The zero-order valence-electron chi connectivity index (χ0n) is 9.77. The van der Waals surface area contributed by atoms with Crippen LogP contribution in [0.15, 0.2) is 12.4 Å². The van der Waals surface area contributed by atoms with Crippen LogP contribution in [0.25, 0.3) is 0 Å². The number of alkyl halides is 1. The molecule has 1 spiro atoms. The lowest BCUT2D eigenvalue weighted by atomic mass is 9.90. The maximum Gasteiger partial charge on any atom is 0.0957 e. The van der Waals surface area contributed by atoms with Gasteiger partial charge < -0.3 is 9.47 Å². The minimum absolute atomic E-state index is 0.0595. The van der Waals surface area contributed by atoms with Crippen LogP contribution in [0.4, 0.5) is 0 Å². The van der Waals surface area contributed by atoms with E-state index in [9.17, 15) is 0 Å². The van der Waals surface area contributed by atoms with Crippen LogP contribution < -0.4 is 0 Å². The molecule has 3 heterocycles. The molecule has 0 aliphatic carbocycles. The van der Waals surface area contributed by atoms with E-state index in [2.05, 4.69) is 5.10 Å². The minimum Gasteiger partial charge on any atom is -0.378 e. The average Bonchev–Trinajstić information content (AvgIpc) is 2.99. The summed E-state index contributed by atoms with van der Waals surface area (Å²) in [6, 6.07) is 0.419. The van der Waals surface area contributed by atoms with Crippen molar-refractivity contribution in [2.45, 2.75) is 36.8 Å². The lowest BCUT2D eigenvalue weighted by Gasteiger charge is -2.37. The monoisotopic (exact) mass is 256 g/mol. The highest BCUT2D eigenvalue weighted by Crippen LogP contribution is 2.37. The second-order valence-corrected chi connectivity index (χ2v) is 5.21. The van der Waals surface area contributed by atoms with E-state index in [1.807, 2.05) is 17.1 Å². The Labute approximate surface area is 106 Å². The van der Waals surface area contributed by atoms with Gasteiger partial charge in [0.15, 0.2) is 0 Å². The normalized spacial score (nSPS) is 33.4. The molecular weight excluding hydrogens is 240 g/mol. The molecule has 0 bridgehead atoms. The summed E-state index contributed by atoms with van der Waals surface area (Å²) >= 11 is 5.80. The van der Waals surface area contributed by atoms with E-state index < -0.39 is 0 Å². The third-order valence-electron chi connectivity index (χ3n) is 3.72. The summed E-state index contributed by atoms with van der Waals surface area (Å²) in [6.07, 6.45) is 6.92. The van der Waals surface area contributed by atoms with Crippen molar-refractivity contribution in [2.75, 3.05) is 19.8 Å². The topological polar surface area (TPSA) is 36.3 Å². The Morgan fingerprint density at radius 3 is 3.18 bits per heavy atom. The molecule has 2 atom stereocenters. The Morgan fingerprint density at radius 2 is 2.47 bits per heavy atom. The number of rotatable bonds is 2. The summed E-state index contributed by atoms with van der Waals surface area (Å²) in [6.45, 7) is 2.34. The summed E-state index contributed by atoms with van der Waals surface area (Å²) in [7, 11) is 0. The molecule has 0 saturated carbocycles. The second-order valence-electron chi connectivity index (χ2n) is 4.94. The summed E-state index contributed by atoms with van der Waals surface area (Å²) < 4.78 is 13.4. The van der Waals surface area contributed by atoms with Crippen LogP contribution in [0.5, 0.6) is 0 Å². The average molecular weight is 257 g/mol. The Hall–Kier alpha value is -0.580. The standard InChI is InChI=1S/C12H17ClN2O2/c13-6-10-7-14-15(8-10)11-1-3-17-12(5-11)2-4-16-9-12/h7-8,11H,1-6,9H2. The fraction of sp³-hybridized carbons (Fsp3) is 0.750. The summed E-state index contributed by atoms with van der Waals surface area (Å²) in [5.74, 6) is 0.525. The van der Waals surface area contributed by atoms with Crippen molar-refractivity contribution in [3.05, 3.63) is 18.0 Å². The molecule has 2 aliphatic heterocycles. The fourth-order valence-electron chi connectivity index (χ4n) is 2.74. The van der Waals surface area contributed by atoms with Crippen LogP contribution in [-0.2, 0) is 15.4 Å². The van der Waals surface area contributed by atoms with Crippen molar-refractivity contribution in [2.24, 2.45) is 0 Å². The zero-order chi connectivity index (χ0) is 11.7. The Morgan fingerprint density at radius 1 is 1.53 bits per heavy atom. The van der Waals surface area contributed by atoms with Gasteiger partial charge in [-0.1, -0.05) is 0 Å². The van der Waals surface area contributed by atoms with Gasteiger partial charge in [-0.25, -0.2) is 0 Å². The molecular formula is C12H17ClN2O2. The van der Waals surface area contributed by atoms with E-state index in [-0.39, 0.29) is 5.60 Å². The highest BCUT2D eigenvalue weighted by molar-refractivity contribution is 6.17. The molecule has 0 radical (unpaired) electrons. The number of aromatic nitrogens is 2. The van der Waals surface area contributed by atoms with Gasteiger partial charge in [0, 0.05) is 37.8 Å². The lowest BCUT2D eigenvalue weighted by Crippen LogP contribution is -2.41. The third-order valence-corrected chi connectivity index (χ3v) is 4.03. The smallest absolute Gasteiger partial charge is 0.0957 e. The van der Waals surface area contributed by atoms with Gasteiger partial charge in [-0.2, -0.15) is 5.10 Å². The van der Waals surface area contributed by atoms with Crippen molar-refractivity contribution < 1.29 is 9.47 Å². The predicted octanol–water partition coefficient (Wildman–Crippen LogP) is 2.13. The maximum atomic E-state index is 5.92. The van der Waals surface area contributed by atoms with Gasteiger partial charge in [0.05, 0.1) is 30.3 Å². The van der Waals surface area contributed by atoms with Crippen molar-refractivity contribution in [3.8, 4) is 0 Å². The van der Waals surface area contributed by atoms with Gasteiger partial charge in [0.1, 0.15) is 0 Å². The quantitative estimate of drug-likeness (QED) is 0.761. The summed E-state index contributed by atoms with van der Waals surface area (Å²) in [5.41, 5.74) is 1.02. The van der Waals surface area contributed by atoms with E-state index >= 15 is 0 Å². The number of hydrogen-bond donors (Lipinski definition) is 0. The highest BCUT2D eigenvalue weighted by atomic mass is 35.5. The molecule has 4 nitrogen and oxygen atoms in total. The molecule has 1 aromatic rings. The largest absolute Gasteiger partial charge is 0.378 e. The van der Waals surface area contributed by atoms with Crippen LogP contribution in [0.1, 0.15) is 30.9 Å². The van der Waals surface area contributed by atoms with E-state index in [0.717, 1.165) is 44.6 Å². The number of nitrogens with zero attached hydrogens (tertiary/aromatic N) is 2. The number of halogens is 1. The molecule has 1 aromatic heterocycles. The molecule has 2 aliphatic rings. The minimum atomic E-state index is -0.0595. The summed E-state index contributed by atoms with van der Waals surface area (Å²) in [5, 5.41) is 4.40. The van der Waals surface area contributed by atoms with Gasteiger partial charge in [-0.15, -0.1) is 11.6 Å². The van der Waals surface area contributed by atoms with E-state index in [1.54, 1.807) is 0 Å². The molecule has 5 heteroatoms. The zero-order valence-corrected chi connectivity index (χ0v) is 10.5. The van der Waals surface area contributed by atoms with Gasteiger partial charge >= 0.3 is 0 Å². The highest BCUT2D eigenvalue weighted by Gasteiger charge is 2.41. The van der Waals surface area contributed by atoms with Crippen LogP contribution in [0.2, 0.25) is 0 Å². The third kappa shape index (κ3) is 2.21. The van der Waals surface area contributed by atoms with Crippen molar-refractivity contribution in [1.82, 2.24) is 9.78 Å². The first kappa shape index (κ1) is 11.5. The van der Waals surface area contributed by atoms with Crippen LogP contribution in [0.3, 0.4) is 0 Å². The lowest BCUT2D eigenvalue weighted by molar-refractivity contribution is -0.0962. The van der Waals surface area contributed by atoms with Crippen LogP contribution in [0, 0.1) is 0 Å². The first-order chi connectivity index (χ1) is 8.31. The van der Waals surface area contributed by atoms with E-state index in [0.29, 0.717) is 11.9 Å². The predicted molar refractivity (Wildman–Crippen MR) is 64.2 cm³/mol. The van der Waals surface area contributed by atoms with Gasteiger partial charge in [0.25, 0.3) is 0 Å². The molecule has 0 N–H and O–H groups in total. The SMILES string of the molecule is ClCc1cnn(C2CCOC3(CCOC3)C2)c1. The van der Waals surface area contributed by atoms with Crippen LogP contribution in [-0.4, -0.2) is 35.2 Å². The Kier molecular flexibility index (Phi) is 3.11. The molecule has 0 aromatic carbocycles. The second kappa shape index (κ2) is 4.59. The van der Waals surface area contributed by atoms with Crippen molar-refractivity contribution >= 4 is 11.6 Å². The van der Waals surface area contributed by atoms with E-state index in [1.165, 1.54) is 0 Å². The molecule has 2 unspecified atom stereocenters. The van der Waals surface area contributed by atoms with Gasteiger partial charge in [-0.05, 0) is 6.42 Å². The maximum absolute atomic E-state index is 5.92. The molecule has 17 heavy (non-hydrogen) atoms. The fourth-order valence-corrected chi connectivity index (χ4v) is 2.88. The molecule has 94 valence electrons. The van der Waals surface area contributed by atoms with Crippen molar-refractivity contribution in [3.63, 3.8) is 0 Å². The van der Waals surface area contributed by atoms with Gasteiger partial charge in [0.2, 0.25) is 0 Å². The summed E-state index contributed by atoms with van der Waals surface area (Å²) in [4.78, 5) is 0. The molecule has 0 amide bonds. The molecule has 2 fully saturated rings. The van der Waals surface area contributed by atoms with Crippen molar-refractivity contribution in [1.29, 1.82) is 0 Å². The van der Waals surface area contributed by atoms with Gasteiger partial charge in [-0.3, -0.25) is 4.68 Å². The molecule has 2 saturated heterocycles. The Bertz CT molecular complexity index is 388. The Balaban J connectivity index is 1.74. The first-order valence-electron chi connectivity index (χ1n) is 6.12. The first-order valence-corrected chi connectivity index (χ1v) is 6.65. The molecule has 3 rings (SSSR count). The van der Waals surface area contributed by atoms with Crippen LogP contribution >= 0.6 is 11.6 Å². The number of hydrogen-bond acceptors (Lipinski definition) is 3. The number of ether oxygens (including phenoxy) is 2.